The van der Waals surface area contributed by atoms with Crippen molar-refractivity contribution in [3.8, 4) is 5.88 Å². The average molecular weight is 242 g/mol. The predicted molar refractivity (Wildman–Crippen MR) is 60.8 cm³/mol. The number of hydrogen-bond donors (Lipinski definition) is 1. The van der Waals surface area contributed by atoms with E-state index in [1.54, 1.807) is 16.9 Å². The fourth-order valence-electron chi connectivity index (χ4n) is 1.47. The highest BCUT2D eigenvalue weighted by Crippen LogP contribution is 2.25. The van der Waals surface area contributed by atoms with Crippen LogP contribution < -0.4 is 4.74 Å². The van der Waals surface area contributed by atoms with Crippen LogP contribution in [0, 0.1) is 0 Å². The van der Waals surface area contributed by atoms with Crippen LogP contribution in [0.3, 0.4) is 0 Å². The van der Waals surface area contributed by atoms with E-state index in [1.165, 1.54) is 0 Å². The summed E-state index contributed by atoms with van der Waals surface area (Å²) in [6, 6.07) is 1.67. The number of ether oxygens (including phenoxy) is 1. The van der Waals surface area contributed by atoms with Gasteiger partial charge in [0.15, 0.2) is 0 Å². The molecule has 86 valence electrons. The second-order valence-electron chi connectivity index (χ2n) is 3.23. The van der Waals surface area contributed by atoms with Gasteiger partial charge in [-0.25, -0.2) is 4.98 Å². The lowest BCUT2D eigenvalue weighted by atomic mass is 10.3. The molecule has 0 fully saturated rings. The van der Waals surface area contributed by atoms with Gasteiger partial charge in [0.05, 0.1) is 25.1 Å². The number of aromatic nitrogens is 3. The molecule has 1 N–H and O–H groups in total. The van der Waals surface area contributed by atoms with Crippen LogP contribution >= 0.6 is 11.6 Å². The van der Waals surface area contributed by atoms with Gasteiger partial charge in [-0.1, -0.05) is 11.6 Å². The summed E-state index contributed by atoms with van der Waals surface area (Å²) in [7, 11) is 0. The van der Waals surface area contributed by atoms with Crippen LogP contribution in [0.25, 0.3) is 10.9 Å². The van der Waals surface area contributed by atoms with Gasteiger partial charge in [-0.2, -0.15) is 5.10 Å². The summed E-state index contributed by atoms with van der Waals surface area (Å²) in [6.07, 6.45) is 1.79. The number of fused-ring (bicyclic) bond motifs is 1. The largest absolute Gasteiger partial charge is 0.477 e. The average Bonchev–Trinajstić information content (AvgIpc) is 2.61. The topological polar surface area (TPSA) is 60.2 Å². The minimum absolute atomic E-state index is 0.0408. The molecule has 0 unspecified atom stereocenters. The van der Waals surface area contributed by atoms with Crippen LogP contribution in [0.1, 0.15) is 6.92 Å². The van der Waals surface area contributed by atoms with E-state index in [0.717, 1.165) is 10.9 Å². The highest BCUT2D eigenvalue weighted by molar-refractivity contribution is 6.30. The molecule has 0 aliphatic rings. The number of aliphatic hydroxyl groups is 1. The van der Waals surface area contributed by atoms with Crippen molar-refractivity contribution in [1.82, 2.24) is 14.8 Å². The van der Waals surface area contributed by atoms with Crippen LogP contribution in [-0.4, -0.2) is 33.1 Å². The molecule has 0 bridgehead atoms. The second-order valence-corrected chi connectivity index (χ2v) is 3.62. The molecule has 2 rings (SSSR count). The van der Waals surface area contributed by atoms with Crippen LogP contribution in [0.15, 0.2) is 12.3 Å². The molecule has 0 saturated carbocycles. The van der Waals surface area contributed by atoms with Gasteiger partial charge in [-0.3, -0.25) is 4.68 Å². The third-order valence-corrected chi connectivity index (χ3v) is 2.29. The normalized spacial score (nSPS) is 10.9. The molecule has 0 aromatic carbocycles. The molecule has 0 spiro atoms. The summed E-state index contributed by atoms with van der Waals surface area (Å²) in [5, 5.41) is 14.3. The maximum Gasteiger partial charge on any atom is 0.226 e. The Labute approximate surface area is 97.6 Å². The third-order valence-electron chi connectivity index (χ3n) is 2.09. The van der Waals surface area contributed by atoms with Crippen molar-refractivity contribution in [2.24, 2.45) is 0 Å². The van der Waals surface area contributed by atoms with Gasteiger partial charge < -0.3 is 9.84 Å². The summed E-state index contributed by atoms with van der Waals surface area (Å²) in [4.78, 5) is 4.09. The lowest BCUT2D eigenvalue weighted by Gasteiger charge is -2.02. The van der Waals surface area contributed by atoms with Gasteiger partial charge in [0.2, 0.25) is 5.88 Å². The Hall–Kier alpha value is -1.33. The molecule has 0 radical (unpaired) electrons. The van der Waals surface area contributed by atoms with Crippen molar-refractivity contribution >= 4 is 22.5 Å². The first kappa shape index (κ1) is 11.2. The second kappa shape index (κ2) is 4.67. The fraction of sp³-hybridized carbons (Fsp3) is 0.400. The minimum atomic E-state index is 0.0408. The van der Waals surface area contributed by atoms with Crippen molar-refractivity contribution in [2.45, 2.75) is 13.5 Å². The Balaban J connectivity index is 2.51. The molecule has 5 nitrogen and oxygen atoms in total. The summed E-state index contributed by atoms with van der Waals surface area (Å²) < 4.78 is 7.02. The van der Waals surface area contributed by atoms with Crippen LogP contribution in [0.5, 0.6) is 5.88 Å². The summed E-state index contributed by atoms with van der Waals surface area (Å²) in [5.41, 5.74) is 0.719. The standard InChI is InChI=1S/C10H12ClN3O2/c1-2-16-10-7-6-14(3-4-15)13-8(7)5-9(11)12-10/h5-6,15H,2-4H2,1H3. The van der Waals surface area contributed by atoms with Crippen LogP contribution in [-0.2, 0) is 6.54 Å². The number of hydrogen-bond acceptors (Lipinski definition) is 4. The molecule has 2 heterocycles. The Bertz CT molecular complexity index is 498. The van der Waals surface area contributed by atoms with Crippen molar-refractivity contribution in [2.75, 3.05) is 13.2 Å². The molecule has 0 amide bonds. The zero-order chi connectivity index (χ0) is 11.5. The maximum atomic E-state index is 8.84. The van der Waals surface area contributed by atoms with Crippen LogP contribution in [0.4, 0.5) is 0 Å². The quantitative estimate of drug-likeness (QED) is 0.824. The zero-order valence-electron chi connectivity index (χ0n) is 8.85. The van der Waals surface area contributed by atoms with E-state index in [2.05, 4.69) is 10.1 Å². The molecule has 0 aliphatic carbocycles. The van der Waals surface area contributed by atoms with E-state index in [-0.39, 0.29) is 6.61 Å². The van der Waals surface area contributed by atoms with Gasteiger partial charge in [0, 0.05) is 12.3 Å². The Morgan fingerprint density at radius 2 is 2.38 bits per heavy atom. The van der Waals surface area contributed by atoms with Gasteiger partial charge in [0.25, 0.3) is 0 Å². The lowest BCUT2D eigenvalue weighted by molar-refractivity contribution is 0.270. The van der Waals surface area contributed by atoms with E-state index in [4.69, 9.17) is 21.4 Å². The van der Waals surface area contributed by atoms with Gasteiger partial charge >= 0.3 is 0 Å². The highest BCUT2D eigenvalue weighted by atomic mass is 35.5. The predicted octanol–water partition coefficient (Wildman–Crippen LogP) is 1.48. The zero-order valence-corrected chi connectivity index (χ0v) is 9.61. The van der Waals surface area contributed by atoms with E-state index in [0.29, 0.717) is 24.2 Å². The molecule has 16 heavy (non-hydrogen) atoms. The third kappa shape index (κ3) is 2.10. The van der Waals surface area contributed by atoms with E-state index in [1.807, 2.05) is 6.92 Å². The van der Waals surface area contributed by atoms with E-state index < -0.39 is 0 Å². The summed E-state index contributed by atoms with van der Waals surface area (Å²) in [5.74, 6) is 0.481. The minimum Gasteiger partial charge on any atom is -0.477 e. The Morgan fingerprint density at radius 3 is 3.06 bits per heavy atom. The van der Waals surface area contributed by atoms with Crippen molar-refractivity contribution in [1.29, 1.82) is 0 Å². The fourth-order valence-corrected chi connectivity index (χ4v) is 1.65. The molecule has 2 aromatic heterocycles. The molecule has 2 aromatic rings. The molecular formula is C10H12ClN3O2. The SMILES string of the molecule is CCOc1nc(Cl)cc2nn(CCO)cc12. The molecular weight excluding hydrogens is 230 g/mol. The smallest absolute Gasteiger partial charge is 0.226 e. The highest BCUT2D eigenvalue weighted by Gasteiger charge is 2.10. The number of halogens is 1. The van der Waals surface area contributed by atoms with Crippen LogP contribution in [0.2, 0.25) is 5.15 Å². The van der Waals surface area contributed by atoms with E-state index in [9.17, 15) is 0 Å². The first-order valence-electron chi connectivity index (χ1n) is 5.02. The molecule has 6 heteroatoms. The maximum absolute atomic E-state index is 8.84. The summed E-state index contributed by atoms with van der Waals surface area (Å²) >= 11 is 5.86. The van der Waals surface area contributed by atoms with Crippen molar-refractivity contribution in [3.05, 3.63) is 17.4 Å². The van der Waals surface area contributed by atoms with E-state index >= 15 is 0 Å². The van der Waals surface area contributed by atoms with Gasteiger partial charge in [0.1, 0.15) is 10.7 Å². The van der Waals surface area contributed by atoms with Crippen molar-refractivity contribution < 1.29 is 9.84 Å². The summed E-state index contributed by atoms with van der Waals surface area (Å²) in [6.45, 7) is 2.89. The molecule has 0 atom stereocenters. The van der Waals surface area contributed by atoms with Gasteiger partial charge in [-0.05, 0) is 6.92 Å². The van der Waals surface area contributed by atoms with Gasteiger partial charge in [-0.15, -0.1) is 0 Å². The molecule has 0 aliphatic heterocycles. The lowest BCUT2D eigenvalue weighted by Crippen LogP contribution is -2.01. The Morgan fingerprint density at radius 1 is 1.56 bits per heavy atom. The Kier molecular flexibility index (Phi) is 3.26. The first-order valence-corrected chi connectivity index (χ1v) is 5.39. The number of rotatable bonds is 4. The van der Waals surface area contributed by atoms with Crippen molar-refractivity contribution in [3.63, 3.8) is 0 Å². The first-order chi connectivity index (χ1) is 7.74. The number of aliphatic hydroxyl groups excluding tert-OH is 1. The number of pyridine rings is 1. The molecule has 0 saturated heterocycles. The number of nitrogens with zero attached hydrogens (tertiary/aromatic N) is 3. The monoisotopic (exact) mass is 241 g/mol.